The maximum absolute atomic E-state index is 13.0. The third kappa shape index (κ3) is 10.1. The van der Waals surface area contributed by atoms with Gasteiger partial charge in [0.25, 0.3) is 0 Å². The molecule has 0 bridgehead atoms. The van der Waals surface area contributed by atoms with Crippen LogP contribution in [0.15, 0.2) is 12.5 Å². The monoisotopic (exact) mass is 468 g/mol. The SMILES string of the molecule is CC(C)CC(N)C(=O)NC(Cc1cnc[nH]1)C(=O)NC(CCC(=O)O)C(=O)NC(C)C(=O)O. The fourth-order valence-corrected chi connectivity index (χ4v) is 2.90. The highest BCUT2D eigenvalue weighted by molar-refractivity contribution is 5.94. The first kappa shape index (κ1) is 27.6. The Morgan fingerprint density at radius 3 is 2.12 bits per heavy atom. The highest BCUT2D eigenvalue weighted by Gasteiger charge is 2.30. The number of aliphatic carboxylic acids is 2. The van der Waals surface area contributed by atoms with Gasteiger partial charge >= 0.3 is 11.9 Å². The number of H-pyrrole nitrogens is 1. The Bertz CT molecular complexity index is 827. The summed E-state index contributed by atoms with van der Waals surface area (Å²) in [6.45, 7) is 5.02. The Labute approximate surface area is 190 Å². The van der Waals surface area contributed by atoms with Gasteiger partial charge in [-0.1, -0.05) is 13.8 Å². The second-order valence-electron chi connectivity index (χ2n) is 8.14. The molecule has 4 atom stereocenters. The number of imidazole rings is 1. The molecule has 8 N–H and O–H groups in total. The Balaban J connectivity index is 3.01. The van der Waals surface area contributed by atoms with Gasteiger partial charge in [-0.25, -0.2) is 4.98 Å². The van der Waals surface area contributed by atoms with Gasteiger partial charge in [0, 0.05) is 24.7 Å². The van der Waals surface area contributed by atoms with E-state index in [1.165, 1.54) is 19.4 Å². The predicted molar refractivity (Wildman–Crippen MR) is 116 cm³/mol. The Hall–Kier alpha value is -3.48. The zero-order valence-electron chi connectivity index (χ0n) is 18.8. The van der Waals surface area contributed by atoms with E-state index in [0.717, 1.165) is 0 Å². The lowest BCUT2D eigenvalue weighted by molar-refractivity contribution is -0.142. The molecule has 0 fully saturated rings. The van der Waals surface area contributed by atoms with Crippen LogP contribution in [0.1, 0.15) is 45.7 Å². The van der Waals surface area contributed by atoms with Crippen molar-refractivity contribution in [3.8, 4) is 0 Å². The van der Waals surface area contributed by atoms with E-state index in [2.05, 4.69) is 25.9 Å². The zero-order chi connectivity index (χ0) is 25.1. The molecule has 0 aromatic carbocycles. The molecule has 184 valence electrons. The lowest BCUT2D eigenvalue weighted by Gasteiger charge is -2.24. The van der Waals surface area contributed by atoms with E-state index < -0.39 is 60.2 Å². The van der Waals surface area contributed by atoms with E-state index in [-0.39, 0.29) is 18.8 Å². The number of nitrogens with two attached hydrogens (primary N) is 1. The summed E-state index contributed by atoms with van der Waals surface area (Å²) in [6.07, 6.45) is 2.52. The first-order valence-corrected chi connectivity index (χ1v) is 10.5. The van der Waals surface area contributed by atoms with Gasteiger partial charge in [0.1, 0.15) is 18.1 Å². The minimum atomic E-state index is -1.33. The molecule has 1 heterocycles. The minimum absolute atomic E-state index is 0.00473. The minimum Gasteiger partial charge on any atom is -0.481 e. The Kier molecular flexibility index (Phi) is 11.0. The van der Waals surface area contributed by atoms with Crippen LogP contribution in [0.5, 0.6) is 0 Å². The van der Waals surface area contributed by atoms with E-state index in [1.54, 1.807) is 0 Å². The van der Waals surface area contributed by atoms with Crippen LogP contribution < -0.4 is 21.7 Å². The molecule has 0 aliphatic rings. The first-order valence-electron chi connectivity index (χ1n) is 10.5. The van der Waals surface area contributed by atoms with Crippen LogP contribution in [-0.2, 0) is 30.4 Å². The normalized spacial score (nSPS) is 14.6. The molecule has 1 aromatic heterocycles. The van der Waals surface area contributed by atoms with Crippen molar-refractivity contribution in [1.29, 1.82) is 0 Å². The number of nitrogens with one attached hydrogen (secondary N) is 4. The van der Waals surface area contributed by atoms with Crippen molar-refractivity contribution in [2.75, 3.05) is 0 Å². The lowest BCUT2D eigenvalue weighted by atomic mass is 10.0. The summed E-state index contributed by atoms with van der Waals surface area (Å²) in [5.41, 5.74) is 6.43. The Morgan fingerprint density at radius 1 is 1.00 bits per heavy atom. The number of hydrogen-bond donors (Lipinski definition) is 7. The van der Waals surface area contributed by atoms with Crippen LogP contribution in [0.3, 0.4) is 0 Å². The quantitative estimate of drug-likeness (QED) is 0.173. The third-order valence-electron chi connectivity index (χ3n) is 4.68. The zero-order valence-corrected chi connectivity index (χ0v) is 18.8. The van der Waals surface area contributed by atoms with Crippen molar-refractivity contribution >= 4 is 29.7 Å². The molecule has 1 rings (SSSR count). The molecule has 0 saturated heterocycles. The molecule has 13 nitrogen and oxygen atoms in total. The summed E-state index contributed by atoms with van der Waals surface area (Å²) in [7, 11) is 0. The molecule has 0 radical (unpaired) electrons. The molecule has 0 aliphatic heterocycles. The maximum atomic E-state index is 13.0. The molecule has 3 amide bonds. The molecule has 0 aliphatic carbocycles. The predicted octanol–water partition coefficient (Wildman–Crippen LogP) is -1.25. The molecule has 0 spiro atoms. The van der Waals surface area contributed by atoms with Crippen LogP contribution in [0.2, 0.25) is 0 Å². The number of aromatic amines is 1. The van der Waals surface area contributed by atoms with Gasteiger partial charge in [-0.15, -0.1) is 0 Å². The smallest absolute Gasteiger partial charge is 0.325 e. The number of rotatable bonds is 14. The highest BCUT2D eigenvalue weighted by Crippen LogP contribution is 2.06. The molecular formula is C20H32N6O7. The summed E-state index contributed by atoms with van der Waals surface area (Å²) in [6, 6.07) is -4.59. The van der Waals surface area contributed by atoms with E-state index in [9.17, 15) is 24.0 Å². The van der Waals surface area contributed by atoms with Crippen LogP contribution in [0, 0.1) is 5.92 Å². The standard InChI is InChI=1S/C20H32N6O7/c1-10(2)6-13(21)17(29)26-15(7-12-8-22-9-23-12)19(31)25-14(4-5-16(27)28)18(30)24-11(3)20(32)33/h8-11,13-15H,4-7,21H2,1-3H3,(H,22,23)(H,24,30)(H,25,31)(H,26,29)(H,27,28)(H,32,33). The van der Waals surface area contributed by atoms with Crippen molar-refractivity contribution in [1.82, 2.24) is 25.9 Å². The summed E-state index contributed by atoms with van der Waals surface area (Å²) >= 11 is 0. The fraction of sp³-hybridized carbons (Fsp3) is 0.600. The van der Waals surface area contributed by atoms with Crippen LogP contribution in [0.4, 0.5) is 0 Å². The molecule has 4 unspecified atom stereocenters. The third-order valence-corrected chi connectivity index (χ3v) is 4.68. The number of carboxylic acid groups (broad SMARTS) is 2. The van der Waals surface area contributed by atoms with Crippen molar-refractivity contribution < 1.29 is 34.2 Å². The van der Waals surface area contributed by atoms with Crippen molar-refractivity contribution in [3.63, 3.8) is 0 Å². The van der Waals surface area contributed by atoms with Crippen LogP contribution >= 0.6 is 0 Å². The lowest BCUT2D eigenvalue weighted by Crippen LogP contribution is -2.57. The average Bonchev–Trinajstić information content (AvgIpc) is 3.22. The van der Waals surface area contributed by atoms with Gasteiger partial charge in [-0.3, -0.25) is 24.0 Å². The van der Waals surface area contributed by atoms with E-state index in [4.69, 9.17) is 15.9 Å². The number of nitrogens with zero attached hydrogens (tertiary/aromatic N) is 1. The van der Waals surface area contributed by atoms with Crippen molar-refractivity contribution in [2.45, 2.75) is 70.6 Å². The van der Waals surface area contributed by atoms with E-state index in [1.807, 2.05) is 13.8 Å². The number of carboxylic acids is 2. The summed E-state index contributed by atoms with van der Waals surface area (Å²) in [5, 5.41) is 25.1. The van der Waals surface area contributed by atoms with Crippen LogP contribution in [-0.4, -0.2) is 74.0 Å². The summed E-state index contributed by atoms with van der Waals surface area (Å²) in [4.78, 5) is 66.7. The van der Waals surface area contributed by atoms with E-state index >= 15 is 0 Å². The first-order chi connectivity index (χ1) is 15.4. The Morgan fingerprint density at radius 2 is 1.61 bits per heavy atom. The highest BCUT2D eigenvalue weighted by atomic mass is 16.4. The fourth-order valence-electron chi connectivity index (χ4n) is 2.90. The maximum Gasteiger partial charge on any atom is 0.325 e. The second-order valence-corrected chi connectivity index (χ2v) is 8.14. The molecular weight excluding hydrogens is 436 g/mol. The van der Waals surface area contributed by atoms with Gasteiger partial charge in [0.05, 0.1) is 12.4 Å². The number of aromatic nitrogens is 2. The largest absolute Gasteiger partial charge is 0.481 e. The van der Waals surface area contributed by atoms with Crippen molar-refractivity contribution in [2.24, 2.45) is 11.7 Å². The van der Waals surface area contributed by atoms with E-state index in [0.29, 0.717) is 12.1 Å². The van der Waals surface area contributed by atoms with Gasteiger partial charge in [-0.05, 0) is 25.7 Å². The van der Waals surface area contributed by atoms with Gasteiger partial charge in [0.15, 0.2) is 0 Å². The topological polar surface area (TPSA) is 217 Å². The van der Waals surface area contributed by atoms with Gasteiger partial charge in [-0.2, -0.15) is 0 Å². The molecule has 13 heteroatoms. The number of carbonyl (C=O) groups excluding carboxylic acids is 3. The van der Waals surface area contributed by atoms with Gasteiger partial charge in [0.2, 0.25) is 17.7 Å². The summed E-state index contributed by atoms with van der Waals surface area (Å²) < 4.78 is 0. The van der Waals surface area contributed by atoms with Crippen molar-refractivity contribution in [3.05, 3.63) is 18.2 Å². The molecule has 0 saturated carbocycles. The number of hydrogen-bond acceptors (Lipinski definition) is 7. The van der Waals surface area contributed by atoms with Crippen LogP contribution in [0.25, 0.3) is 0 Å². The van der Waals surface area contributed by atoms with Gasteiger partial charge < -0.3 is 36.9 Å². The second kappa shape index (κ2) is 13.2. The number of amides is 3. The molecule has 1 aromatic rings. The summed E-state index contributed by atoms with van der Waals surface area (Å²) in [5.74, 6) is -4.53. The molecule has 33 heavy (non-hydrogen) atoms. The number of carbonyl (C=O) groups is 5. The average molecular weight is 469 g/mol.